The molecule has 0 aliphatic heterocycles. The lowest BCUT2D eigenvalue weighted by molar-refractivity contribution is -0.188. The number of nitrogens with two attached hydrogens (primary N) is 1. The van der Waals surface area contributed by atoms with Crippen LogP contribution in [-0.2, 0) is 0 Å². The molecule has 2 aliphatic rings. The molecule has 2 atom stereocenters. The highest BCUT2D eigenvalue weighted by molar-refractivity contribution is 4.96. The van der Waals surface area contributed by atoms with Gasteiger partial charge in [-0.3, -0.25) is 0 Å². The van der Waals surface area contributed by atoms with Crippen molar-refractivity contribution in [1.82, 2.24) is 5.32 Å². The average Bonchev–Trinajstić information content (AvgIpc) is 3.12. The van der Waals surface area contributed by atoms with Crippen LogP contribution >= 0.6 is 0 Å². The molecule has 0 saturated heterocycles. The van der Waals surface area contributed by atoms with Crippen molar-refractivity contribution < 1.29 is 13.2 Å². The Kier molecular flexibility index (Phi) is 4.22. The van der Waals surface area contributed by atoms with Gasteiger partial charge in [-0.2, -0.15) is 13.2 Å². The molecule has 2 rings (SSSR count). The molecule has 2 saturated carbocycles. The predicted octanol–water partition coefficient (Wildman–Crippen LogP) is 2.83. The van der Waals surface area contributed by atoms with Crippen LogP contribution in [0.1, 0.15) is 44.9 Å². The fourth-order valence-electron chi connectivity index (χ4n) is 3.01. The third-order valence-electron chi connectivity index (χ3n) is 4.45. The molecular weight excluding hydrogens is 241 g/mol. The number of rotatable bonds is 5. The summed E-state index contributed by atoms with van der Waals surface area (Å²) < 4.78 is 38.4. The van der Waals surface area contributed by atoms with Crippen LogP contribution in [0, 0.1) is 11.8 Å². The van der Waals surface area contributed by atoms with Crippen molar-refractivity contribution in [1.29, 1.82) is 0 Å². The SMILES string of the molecule is NCC1(NCCC2CC2)CCCC(C(F)(F)F)C1. The quantitative estimate of drug-likeness (QED) is 0.801. The fourth-order valence-corrected chi connectivity index (χ4v) is 3.01. The molecule has 106 valence electrons. The normalized spacial score (nSPS) is 33.7. The summed E-state index contributed by atoms with van der Waals surface area (Å²) in [4.78, 5) is 0. The summed E-state index contributed by atoms with van der Waals surface area (Å²) in [5.74, 6) is -0.377. The molecule has 3 N–H and O–H groups in total. The standard InChI is InChI=1S/C13H23F3N2/c14-13(15,16)11-2-1-6-12(8-11,9-17)18-7-5-10-3-4-10/h10-11,18H,1-9,17H2. The van der Waals surface area contributed by atoms with Crippen molar-refractivity contribution >= 4 is 0 Å². The Labute approximate surface area is 106 Å². The summed E-state index contributed by atoms with van der Waals surface area (Å²) in [6, 6.07) is 0. The molecule has 0 bridgehead atoms. The maximum absolute atomic E-state index is 12.8. The van der Waals surface area contributed by atoms with E-state index < -0.39 is 17.6 Å². The van der Waals surface area contributed by atoms with Crippen LogP contribution in [0.4, 0.5) is 13.2 Å². The van der Waals surface area contributed by atoms with E-state index in [0.717, 1.165) is 25.3 Å². The zero-order valence-electron chi connectivity index (χ0n) is 10.7. The monoisotopic (exact) mass is 264 g/mol. The highest BCUT2D eigenvalue weighted by Gasteiger charge is 2.46. The molecule has 2 fully saturated rings. The first kappa shape index (κ1) is 14.1. The second kappa shape index (κ2) is 5.37. The van der Waals surface area contributed by atoms with E-state index in [2.05, 4.69) is 5.32 Å². The molecule has 5 heteroatoms. The fraction of sp³-hybridized carbons (Fsp3) is 1.00. The minimum Gasteiger partial charge on any atom is -0.329 e. The van der Waals surface area contributed by atoms with Crippen LogP contribution in [0.15, 0.2) is 0 Å². The minimum atomic E-state index is -4.07. The molecule has 18 heavy (non-hydrogen) atoms. The van der Waals surface area contributed by atoms with Gasteiger partial charge in [0, 0.05) is 12.1 Å². The summed E-state index contributed by atoms with van der Waals surface area (Å²) in [6.45, 7) is 1.12. The summed E-state index contributed by atoms with van der Waals surface area (Å²) >= 11 is 0. The van der Waals surface area contributed by atoms with Gasteiger partial charge in [0.1, 0.15) is 0 Å². The first-order valence-electron chi connectivity index (χ1n) is 6.97. The van der Waals surface area contributed by atoms with E-state index in [0.29, 0.717) is 13.0 Å². The second-order valence-corrected chi connectivity index (χ2v) is 5.98. The lowest BCUT2D eigenvalue weighted by Gasteiger charge is -2.41. The van der Waals surface area contributed by atoms with Crippen LogP contribution in [0.25, 0.3) is 0 Å². The van der Waals surface area contributed by atoms with Crippen LogP contribution in [0.5, 0.6) is 0 Å². The van der Waals surface area contributed by atoms with E-state index in [1.54, 1.807) is 0 Å². The Bertz CT molecular complexity index is 276. The van der Waals surface area contributed by atoms with Gasteiger partial charge in [0.2, 0.25) is 0 Å². The second-order valence-electron chi connectivity index (χ2n) is 5.98. The van der Waals surface area contributed by atoms with Gasteiger partial charge in [0.15, 0.2) is 0 Å². The molecule has 0 spiro atoms. The highest BCUT2D eigenvalue weighted by atomic mass is 19.4. The number of hydrogen-bond acceptors (Lipinski definition) is 2. The van der Waals surface area contributed by atoms with E-state index in [9.17, 15) is 13.2 Å². The molecule has 0 aromatic carbocycles. The van der Waals surface area contributed by atoms with Crippen molar-refractivity contribution in [3.8, 4) is 0 Å². The van der Waals surface area contributed by atoms with Crippen molar-refractivity contribution in [2.45, 2.75) is 56.7 Å². The van der Waals surface area contributed by atoms with Crippen molar-refractivity contribution in [3.63, 3.8) is 0 Å². The van der Waals surface area contributed by atoms with E-state index >= 15 is 0 Å². The summed E-state index contributed by atoms with van der Waals surface area (Å²) in [5, 5.41) is 3.33. The van der Waals surface area contributed by atoms with Gasteiger partial charge in [-0.05, 0) is 38.1 Å². The summed E-state index contributed by atoms with van der Waals surface area (Å²) in [6.07, 6.45) is 1.38. The Morgan fingerprint density at radius 1 is 1.22 bits per heavy atom. The van der Waals surface area contributed by atoms with Gasteiger partial charge in [0.25, 0.3) is 0 Å². The third-order valence-corrected chi connectivity index (χ3v) is 4.45. The average molecular weight is 264 g/mol. The van der Waals surface area contributed by atoms with Gasteiger partial charge < -0.3 is 11.1 Å². The van der Waals surface area contributed by atoms with Crippen molar-refractivity contribution in [3.05, 3.63) is 0 Å². The smallest absolute Gasteiger partial charge is 0.329 e. The Morgan fingerprint density at radius 3 is 2.50 bits per heavy atom. The van der Waals surface area contributed by atoms with Gasteiger partial charge in [-0.15, -0.1) is 0 Å². The molecule has 2 unspecified atom stereocenters. The largest absolute Gasteiger partial charge is 0.391 e. The third kappa shape index (κ3) is 3.60. The van der Waals surface area contributed by atoms with Gasteiger partial charge in [-0.25, -0.2) is 0 Å². The Balaban J connectivity index is 1.88. The molecule has 0 heterocycles. The molecule has 2 aliphatic carbocycles. The topological polar surface area (TPSA) is 38.0 Å². The molecule has 0 radical (unpaired) electrons. The van der Waals surface area contributed by atoms with Crippen LogP contribution in [0.2, 0.25) is 0 Å². The van der Waals surface area contributed by atoms with E-state index in [1.165, 1.54) is 12.8 Å². The van der Waals surface area contributed by atoms with Gasteiger partial charge >= 0.3 is 6.18 Å². The van der Waals surface area contributed by atoms with Crippen LogP contribution < -0.4 is 11.1 Å². The van der Waals surface area contributed by atoms with Crippen molar-refractivity contribution in [2.24, 2.45) is 17.6 Å². The number of nitrogens with one attached hydrogen (secondary N) is 1. The molecular formula is C13H23F3N2. The number of halogens is 3. The number of hydrogen-bond donors (Lipinski definition) is 2. The van der Waals surface area contributed by atoms with Gasteiger partial charge in [0.05, 0.1) is 5.92 Å². The zero-order chi connectivity index (χ0) is 13.2. The lowest BCUT2D eigenvalue weighted by atomic mass is 9.75. The summed E-state index contributed by atoms with van der Waals surface area (Å²) in [7, 11) is 0. The molecule has 0 amide bonds. The Morgan fingerprint density at radius 2 is 1.94 bits per heavy atom. The highest BCUT2D eigenvalue weighted by Crippen LogP contribution is 2.41. The van der Waals surface area contributed by atoms with E-state index in [4.69, 9.17) is 5.73 Å². The van der Waals surface area contributed by atoms with E-state index in [1.807, 2.05) is 0 Å². The van der Waals surface area contributed by atoms with Crippen LogP contribution in [0.3, 0.4) is 0 Å². The first-order valence-corrected chi connectivity index (χ1v) is 6.97. The molecule has 2 nitrogen and oxygen atoms in total. The minimum absolute atomic E-state index is 0.150. The zero-order valence-corrected chi connectivity index (χ0v) is 10.7. The van der Waals surface area contributed by atoms with Crippen molar-refractivity contribution in [2.75, 3.05) is 13.1 Å². The lowest BCUT2D eigenvalue weighted by Crippen LogP contribution is -2.55. The maximum Gasteiger partial charge on any atom is 0.391 e. The van der Waals surface area contributed by atoms with Gasteiger partial charge in [-0.1, -0.05) is 19.3 Å². The summed E-state index contributed by atoms with van der Waals surface area (Å²) in [5.41, 5.74) is 5.27. The molecule has 0 aromatic heterocycles. The Hall–Kier alpha value is -0.290. The first-order chi connectivity index (χ1) is 8.45. The maximum atomic E-state index is 12.8. The van der Waals surface area contributed by atoms with E-state index in [-0.39, 0.29) is 12.8 Å². The number of alkyl halides is 3. The molecule has 0 aromatic rings. The predicted molar refractivity (Wildman–Crippen MR) is 65.1 cm³/mol. The van der Waals surface area contributed by atoms with Crippen LogP contribution in [-0.4, -0.2) is 24.8 Å².